The van der Waals surface area contributed by atoms with Gasteiger partial charge in [-0.25, -0.2) is 9.97 Å². The Morgan fingerprint density at radius 2 is 0.602 bits per heavy atom. The number of hydrogen-bond donors (Lipinski definition) is 5. The van der Waals surface area contributed by atoms with Crippen LogP contribution in [0.4, 0.5) is 11.6 Å². The molecule has 113 heavy (non-hydrogen) atoms. The average Bonchev–Trinajstić information content (AvgIpc) is 1.37. The fourth-order valence-electron chi connectivity index (χ4n) is 12.5. The van der Waals surface area contributed by atoms with E-state index < -0.39 is 38.8 Å². The van der Waals surface area contributed by atoms with Crippen molar-refractivity contribution < 1.29 is 40.7 Å². The Balaban J connectivity index is 0.000000135. The Hall–Kier alpha value is -10.6. The minimum atomic E-state index is -1.50. The summed E-state index contributed by atoms with van der Waals surface area (Å²) in [5.41, 5.74) is 5.60. The van der Waals surface area contributed by atoms with Gasteiger partial charge in [-0.2, -0.15) is 5.10 Å². The van der Waals surface area contributed by atoms with Crippen LogP contribution in [-0.4, -0.2) is 47.1 Å². The van der Waals surface area contributed by atoms with E-state index in [9.17, 15) is 5.11 Å². The van der Waals surface area contributed by atoms with Crippen molar-refractivity contribution in [3.05, 3.63) is 447 Å². The second-order valence-electron chi connectivity index (χ2n) is 25.4. The average molecular weight is 1660 g/mol. The Morgan fingerprint density at radius 1 is 0.345 bits per heavy atom. The van der Waals surface area contributed by atoms with Crippen molar-refractivity contribution in [3.63, 3.8) is 0 Å². The molecule has 0 fully saturated rings. The van der Waals surface area contributed by atoms with E-state index in [-0.39, 0.29) is 33.6 Å². The number of nitrogens with one attached hydrogen (secondary N) is 1. The first-order valence-corrected chi connectivity index (χ1v) is 43.0. The molecule has 0 saturated heterocycles. The second kappa shape index (κ2) is 44.6. The summed E-state index contributed by atoms with van der Waals surface area (Å²) in [5.74, 6) is 0.529. The second-order valence-corrected chi connectivity index (χ2v) is 35.5. The van der Waals surface area contributed by atoms with Crippen LogP contribution in [0.1, 0.15) is 16.0 Å². The van der Waals surface area contributed by atoms with Crippen LogP contribution in [0.15, 0.2) is 431 Å². The van der Waals surface area contributed by atoms with Gasteiger partial charge in [-0.1, -0.05) is 413 Å². The SMILES string of the molecule is Cc1sc2cnc(Nc3cnn(C)c3)nc2c1-c1ccccc1CO.OCc1ccccc1B(O)O.[Pd].c1ccc(P(c2ccccc2)c2ccccc2)cc1.c1ccc(P(c2ccccc2)c2ccccc2)cc1.c1ccc(P(c2ccccc2)c2ccccc2)cc1.c1ccc(P(c2ccccc2)c2ccccc2)cc1. The molecular weight excluding hydrogens is 1570 g/mol. The number of rotatable bonds is 18. The first-order chi connectivity index (χ1) is 55.2. The predicted molar refractivity (Wildman–Crippen MR) is 483 cm³/mol. The van der Waals surface area contributed by atoms with E-state index in [4.69, 9.17) is 20.1 Å². The monoisotopic (exact) mass is 1660 g/mol. The fourth-order valence-corrected chi connectivity index (χ4v) is 22.8. The molecule has 0 atom stereocenters. The number of aliphatic hydroxyl groups excluding tert-OH is 2. The largest absolute Gasteiger partial charge is 0.488 e. The van der Waals surface area contributed by atoms with Crippen molar-refractivity contribution >= 4 is 141 Å². The van der Waals surface area contributed by atoms with E-state index in [0.717, 1.165) is 37.5 Å². The molecule has 0 saturated carbocycles. The molecule has 17 rings (SSSR count). The first-order valence-electron chi connectivity index (χ1n) is 36.8. The smallest absolute Gasteiger partial charge is 0.423 e. The number of benzene rings is 14. The number of aromatic nitrogens is 4. The Kier molecular flexibility index (Phi) is 32.9. The summed E-state index contributed by atoms with van der Waals surface area (Å²) in [6.45, 7) is 1.90. The molecule has 0 aliphatic rings. The number of anilines is 2. The van der Waals surface area contributed by atoms with Gasteiger partial charge in [-0.05, 0) is 124 Å². The quantitative estimate of drug-likeness (QED) is 0.0423. The van der Waals surface area contributed by atoms with Gasteiger partial charge in [-0.15, -0.1) is 11.3 Å². The fraction of sp³-hybridized carbons (Fsp3) is 0.0412. The van der Waals surface area contributed by atoms with Gasteiger partial charge in [0, 0.05) is 44.1 Å². The van der Waals surface area contributed by atoms with Gasteiger partial charge < -0.3 is 25.6 Å². The summed E-state index contributed by atoms with van der Waals surface area (Å²) in [6, 6.07) is 144. The predicted octanol–water partition coefficient (Wildman–Crippen LogP) is 16.3. The molecule has 3 heterocycles. The number of aliphatic hydroxyl groups is 2. The summed E-state index contributed by atoms with van der Waals surface area (Å²) in [5, 5.41) is 60.1. The molecule has 14 aromatic carbocycles. The van der Waals surface area contributed by atoms with Gasteiger partial charge in [-0.3, -0.25) is 4.68 Å². The molecular formula is C97H86BN5O4P4PdS. The van der Waals surface area contributed by atoms with Crippen molar-refractivity contribution in [1.82, 2.24) is 19.7 Å². The molecule has 17 aromatic rings. The number of nitrogens with zero attached hydrogens (tertiary/aromatic N) is 4. The molecule has 9 nitrogen and oxygen atoms in total. The molecule has 0 spiro atoms. The van der Waals surface area contributed by atoms with Crippen LogP contribution in [0.5, 0.6) is 0 Å². The van der Waals surface area contributed by atoms with Gasteiger partial charge in [0.05, 0.1) is 41.5 Å². The standard InChI is InChI=1S/C18H17N5OS.4C18H15P.C7H9BO3.Pd/c1-11-16(14-6-4-3-5-12(14)10-24)17-15(25-11)8-19-18(22-17)21-13-7-20-23(2)9-13;4*1-4-10-16(11-5-1)19(17-12-6-2-7-13-17)18-14-8-3-9-15-18;9-5-6-3-1-2-4-7(6)8(10)11;/h3-9,24H,10H2,1-2H3,(H,19,21,22);4*1-15H;1-4,9-11H,5H2;. The topological polar surface area (TPSA) is 137 Å². The van der Waals surface area contributed by atoms with Gasteiger partial charge in [0.2, 0.25) is 5.95 Å². The zero-order chi connectivity index (χ0) is 77.3. The number of thiophene rings is 1. The van der Waals surface area contributed by atoms with E-state index in [2.05, 4.69) is 386 Å². The van der Waals surface area contributed by atoms with Crippen LogP contribution in [0.25, 0.3) is 21.3 Å². The van der Waals surface area contributed by atoms with Crippen molar-refractivity contribution in [2.75, 3.05) is 5.32 Å². The number of aryl methyl sites for hydroxylation is 2. The summed E-state index contributed by atoms with van der Waals surface area (Å²) in [6.07, 6.45) is 5.44. The third-order valence-electron chi connectivity index (χ3n) is 17.7. The van der Waals surface area contributed by atoms with E-state index in [1.54, 1.807) is 46.5 Å². The molecule has 0 aliphatic carbocycles. The molecule has 0 unspecified atom stereocenters. The normalized spacial score (nSPS) is 10.5. The van der Waals surface area contributed by atoms with E-state index in [1.807, 2.05) is 43.7 Å². The van der Waals surface area contributed by atoms with Crippen LogP contribution in [0.3, 0.4) is 0 Å². The summed E-state index contributed by atoms with van der Waals surface area (Å²) in [4.78, 5) is 10.3. The minimum Gasteiger partial charge on any atom is -0.423 e. The van der Waals surface area contributed by atoms with Crippen LogP contribution >= 0.6 is 43.0 Å². The minimum absolute atomic E-state index is 0. The van der Waals surface area contributed by atoms with Crippen LogP contribution in [0.2, 0.25) is 0 Å². The molecule has 0 amide bonds. The van der Waals surface area contributed by atoms with E-state index in [0.29, 0.717) is 17.0 Å². The molecule has 562 valence electrons. The molecule has 0 aliphatic heterocycles. The Labute approximate surface area is 687 Å². The van der Waals surface area contributed by atoms with Gasteiger partial charge in [0.25, 0.3) is 0 Å². The van der Waals surface area contributed by atoms with Crippen molar-refractivity contribution in [1.29, 1.82) is 0 Å². The molecule has 5 N–H and O–H groups in total. The molecule has 0 bridgehead atoms. The zero-order valence-electron chi connectivity index (χ0n) is 62.6. The Bertz CT molecular complexity index is 4700. The summed E-state index contributed by atoms with van der Waals surface area (Å²) < 4.78 is 2.75. The third-order valence-corrected chi connectivity index (χ3v) is 28.5. The first kappa shape index (κ1) is 83.4. The van der Waals surface area contributed by atoms with Crippen LogP contribution < -0.4 is 74.4 Å². The third kappa shape index (κ3) is 23.8. The maximum atomic E-state index is 9.68. The Morgan fingerprint density at radius 3 is 0.850 bits per heavy atom. The molecule has 0 radical (unpaired) electrons. The van der Waals surface area contributed by atoms with Crippen molar-refractivity contribution in [3.8, 4) is 11.1 Å². The van der Waals surface area contributed by atoms with Crippen LogP contribution in [-0.2, 0) is 40.7 Å². The molecule has 3 aromatic heterocycles. The summed E-state index contributed by atoms with van der Waals surface area (Å²) >= 11 is 1.66. The van der Waals surface area contributed by atoms with E-state index >= 15 is 0 Å². The van der Waals surface area contributed by atoms with Crippen LogP contribution in [0, 0.1) is 6.92 Å². The van der Waals surface area contributed by atoms with Crippen molar-refractivity contribution in [2.45, 2.75) is 20.1 Å². The number of hydrogen-bond acceptors (Lipinski definition) is 9. The van der Waals surface area contributed by atoms with Gasteiger partial charge >= 0.3 is 7.12 Å². The maximum absolute atomic E-state index is 9.68. The van der Waals surface area contributed by atoms with Gasteiger partial charge in [0.15, 0.2) is 0 Å². The number of fused-ring (bicyclic) bond motifs is 1. The van der Waals surface area contributed by atoms with Crippen molar-refractivity contribution in [2.24, 2.45) is 7.05 Å². The molecule has 16 heteroatoms. The maximum Gasteiger partial charge on any atom is 0.488 e. The van der Waals surface area contributed by atoms with Gasteiger partial charge in [0.1, 0.15) is 0 Å². The zero-order valence-corrected chi connectivity index (χ0v) is 68.5. The van der Waals surface area contributed by atoms with E-state index in [1.165, 1.54) is 63.7 Å². The summed E-state index contributed by atoms with van der Waals surface area (Å²) in [7, 11) is -1.42.